The minimum Gasteiger partial charge on any atom is -0.370 e. The summed E-state index contributed by atoms with van der Waals surface area (Å²) in [5.74, 6) is 1.02. The molecule has 8 nitrogen and oxygen atoms in total. The molecule has 2 rings (SSSR count). The Morgan fingerprint density at radius 1 is 1.30 bits per heavy atom. The van der Waals surface area contributed by atoms with Crippen molar-refractivity contribution in [2.45, 2.75) is 18.2 Å². The molecule has 0 saturated carbocycles. The molecule has 0 amide bonds. The molecule has 0 bridgehead atoms. The van der Waals surface area contributed by atoms with Crippen LogP contribution in [0.25, 0.3) is 0 Å². The summed E-state index contributed by atoms with van der Waals surface area (Å²) in [5.41, 5.74) is 0. The summed E-state index contributed by atoms with van der Waals surface area (Å²) in [7, 11) is -3.58. The molecule has 0 spiro atoms. The SMILES string of the molecule is CCNc1ccc(S(=O)(=O)NCCc2ncno2)cn1. The minimum atomic E-state index is -3.58. The molecule has 2 aromatic rings. The molecule has 0 atom stereocenters. The van der Waals surface area contributed by atoms with Crippen molar-refractivity contribution in [3.63, 3.8) is 0 Å². The van der Waals surface area contributed by atoms with Crippen molar-refractivity contribution in [1.29, 1.82) is 0 Å². The Balaban J connectivity index is 1.95. The molecule has 0 aliphatic heterocycles. The third kappa shape index (κ3) is 3.75. The number of pyridine rings is 1. The van der Waals surface area contributed by atoms with Crippen molar-refractivity contribution in [3.8, 4) is 0 Å². The number of nitrogens with one attached hydrogen (secondary N) is 2. The van der Waals surface area contributed by atoms with E-state index in [-0.39, 0.29) is 11.4 Å². The first-order chi connectivity index (χ1) is 9.62. The minimum absolute atomic E-state index is 0.115. The second-order valence-electron chi connectivity index (χ2n) is 3.89. The lowest BCUT2D eigenvalue weighted by Gasteiger charge is -2.06. The predicted molar refractivity (Wildman–Crippen MR) is 71.6 cm³/mol. The number of rotatable bonds is 7. The van der Waals surface area contributed by atoms with Crippen molar-refractivity contribution < 1.29 is 12.9 Å². The predicted octanol–water partition coefficient (Wildman–Crippen LogP) is 0.417. The van der Waals surface area contributed by atoms with Gasteiger partial charge < -0.3 is 9.84 Å². The van der Waals surface area contributed by atoms with E-state index in [1.807, 2.05) is 6.92 Å². The maximum absolute atomic E-state index is 12.0. The Kier molecular flexibility index (Phi) is 4.64. The van der Waals surface area contributed by atoms with Crippen LogP contribution in [0.3, 0.4) is 0 Å². The monoisotopic (exact) mass is 297 g/mol. The third-order valence-corrected chi connectivity index (χ3v) is 3.89. The van der Waals surface area contributed by atoms with E-state index in [4.69, 9.17) is 4.52 Å². The van der Waals surface area contributed by atoms with Gasteiger partial charge in [0.2, 0.25) is 15.9 Å². The fraction of sp³-hybridized carbons (Fsp3) is 0.364. The van der Waals surface area contributed by atoms with E-state index in [1.54, 1.807) is 6.07 Å². The molecule has 0 aliphatic carbocycles. The molecule has 0 fully saturated rings. The van der Waals surface area contributed by atoms with Crippen LogP contribution in [0.2, 0.25) is 0 Å². The number of aromatic nitrogens is 3. The normalized spacial score (nSPS) is 11.4. The van der Waals surface area contributed by atoms with Gasteiger partial charge in [0, 0.05) is 25.7 Å². The Labute approximate surface area is 116 Å². The number of anilines is 1. The van der Waals surface area contributed by atoms with Gasteiger partial charge >= 0.3 is 0 Å². The highest BCUT2D eigenvalue weighted by molar-refractivity contribution is 7.89. The Morgan fingerprint density at radius 2 is 2.15 bits per heavy atom. The van der Waals surface area contributed by atoms with Crippen molar-refractivity contribution in [2.24, 2.45) is 0 Å². The molecule has 0 aromatic carbocycles. The van der Waals surface area contributed by atoms with E-state index in [1.165, 1.54) is 18.6 Å². The van der Waals surface area contributed by atoms with Gasteiger partial charge in [0.05, 0.1) is 0 Å². The molecule has 2 N–H and O–H groups in total. The fourth-order valence-electron chi connectivity index (χ4n) is 1.51. The Hall–Kier alpha value is -2.00. The van der Waals surface area contributed by atoms with Crippen LogP contribution < -0.4 is 10.0 Å². The second-order valence-corrected chi connectivity index (χ2v) is 5.66. The van der Waals surface area contributed by atoms with Crippen LogP contribution in [0.5, 0.6) is 0 Å². The molecule has 20 heavy (non-hydrogen) atoms. The topological polar surface area (TPSA) is 110 Å². The van der Waals surface area contributed by atoms with Gasteiger partial charge in [-0.2, -0.15) is 4.98 Å². The molecular formula is C11H15N5O3S. The summed E-state index contributed by atoms with van der Waals surface area (Å²) in [6.45, 7) is 2.84. The van der Waals surface area contributed by atoms with E-state index in [0.717, 1.165) is 6.54 Å². The second kappa shape index (κ2) is 6.44. The lowest BCUT2D eigenvalue weighted by molar-refractivity contribution is 0.377. The van der Waals surface area contributed by atoms with Crippen LogP contribution in [0.1, 0.15) is 12.8 Å². The summed E-state index contributed by atoms with van der Waals surface area (Å²) >= 11 is 0. The van der Waals surface area contributed by atoms with Gasteiger partial charge in [-0.15, -0.1) is 0 Å². The highest BCUT2D eigenvalue weighted by atomic mass is 32.2. The molecule has 2 heterocycles. The third-order valence-electron chi connectivity index (χ3n) is 2.44. The maximum Gasteiger partial charge on any atom is 0.242 e. The van der Waals surface area contributed by atoms with Gasteiger partial charge in [0.1, 0.15) is 10.7 Å². The first-order valence-corrected chi connectivity index (χ1v) is 7.55. The lowest BCUT2D eigenvalue weighted by atomic mass is 10.4. The van der Waals surface area contributed by atoms with E-state index >= 15 is 0 Å². The Morgan fingerprint density at radius 3 is 2.75 bits per heavy atom. The standard InChI is InChI=1S/C11H15N5O3S/c1-2-12-10-4-3-9(7-13-10)20(17,18)16-6-5-11-14-8-15-19-11/h3-4,7-8,16H,2,5-6H2,1H3,(H,12,13). The van der Waals surface area contributed by atoms with Crippen molar-refractivity contribution in [1.82, 2.24) is 19.8 Å². The summed E-state index contributed by atoms with van der Waals surface area (Å²) < 4.78 is 31.2. The lowest BCUT2D eigenvalue weighted by Crippen LogP contribution is -2.26. The summed E-state index contributed by atoms with van der Waals surface area (Å²) in [4.78, 5) is 7.94. The quantitative estimate of drug-likeness (QED) is 0.762. The van der Waals surface area contributed by atoms with E-state index < -0.39 is 10.0 Å². The van der Waals surface area contributed by atoms with Crippen molar-refractivity contribution in [2.75, 3.05) is 18.4 Å². The first-order valence-electron chi connectivity index (χ1n) is 6.07. The Bertz CT molecular complexity index is 625. The maximum atomic E-state index is 12.0. The number of hydrogen-bond acceptors (Lipinski definition) is 7. The first kappa shape index (κ1) is 14.4. The molecule has 0 aliphatic rings. The summed E-state index contributed by atoms with van der Waals surface area (Å²) in [6.07, 6.45) is 2.92. The van der Waals surface area contributed by atoms with Crippen molar-refractivity contribution >= 4 is 15.8 Å². The molecule has 2 aromatic heterocycles. The van der Waals surface area contributed by atoms with Gasteiger partial charge in [-0.3, -0.25) is 0 Å². The smallest absolute Gasteiger partial charge is 0.242 e. The van der Waals surface area contributed by atoms with Gasteiger partial charge in [0.25, 0.3) is 0 Å². The highest BCUT2D eigenvalue weighted by Gasteiger charge is 2.14. The van der Waals surface area contributed by atoms with E-state index in [2.05, 4.69) is 25.2 Å². The van der Waals surface area contributed by atoms with Gasteiger partial charge in [-0.25, -0.2) is 18.1 Å². The number of nitrogens with zero attached hydrogens (tertiary/aromatic N) is 3. The summed E-state index contributed by atoms with van der Waals surface area (Å²) in [6, 6.07) is 3.12. The van der Waals surface area contributed by atoms with Gasteiger partial charge in [-0.05, 0) is 19.1 Å². The molecule has 0 radical (unpaired) electrons. The van der Waals surface area contributed by atoms with Gasteiger partial charge in [-0.1, -0.05) is 5.16 Å². The average Bonchev–Trinajstić information content (AvgIpc) is 2.93. The average molecular weight is 297 g/mol. The van der Waals surface area contributed by atoms with Crippen LogP contribution in [-0.2, 0) is 16.4 Å². The molecule has 0 unspecified atom stereocenters. The van der Waals surface area contributed by atoms with E-state index in [9.17, 15) is 8.42 Å². The molecule has 0 saturated heterocycles. The number of sulfonamides is 1. The zero-order valence-electron chi connectivity index (χ0n) is 10.9. The molecule has 9 heteroatoms. The largest absolute Gasteiger partial charge is 0.370 e. The van der Waals surface area contributed by atoms with Crippen LogP contribution in [0.4, 0.5) is 5.82 Å². The zero-order valence-corrected chi connectivity index (χ0v) is 11.7. The van der Waals surface area contributed by atoms with Crippen LogP contribution >= 0.6 is 0 Å². The van der Waals surface area contributed by atoms with Crippen LogP contribution in [0.15, 0.2) is 34.1 Å². The fourth-order valence-corrected chi connectivity index (χ4v) is 2.48. The highest BCUT2D eigenvalue weighted by Crippen LogP contribution is 2.10. The summed E-state index contributed by atoms with van der Waals surface area (Å²) in [5, 5.41) is 6.44. The number of hydrogen-bond donors (Lipinski definition) is 2. The molecular weight excluding hydrogens is 282 g/mol. The van der Waals surface area contributed by atoms with Gasteiger partial charge in [0.15, 0.2) is 6.33 Å². The zero-order chi connectivity index (χ0) is 14.4. The van der Waals surface area contributed by atoms with E-state index in [0.29, 0.717) is 18.1 Å². The molecule has 108 valence electrons. The van der Waals surface area contributed by atoms with Crippen LogP contribution in [0, 0.1) is 0 Å². The van der Waals surface area contributed by atoms with Crippen molar-refractivity contribution in [3.05, 3.63) is 30.5 Å². The van der Waals surface area contributed by atoms with Crippen LogP contribution in [-0.4, -0.2) is 36.6 Å².